The number of carbonyl (C=O) groups is 7. The molecule has 0 heterocycles. The minimum atomic E-state index is -1.85. The van der Waals surface area contributed by atoms with Crippen LogP contribution >= 0.6 is 0 Å². The van der Waals surface area contributed by atoms with Crippen LogP contribution < -0.4 is 21.3 Å². The van der Waals surface area contributed by atoms with E-state index in [0.29, 0.717) is 12.0 Å². The second-order valence-corrected chi connectivity index (χ2v) is 10.1. The number of nitrogens with one attached hydrogen (secondary N) is 4. The van der Waals surface area contributed by atoms with Gasteiger partial charge in [0.05, 0.1) is 0 Å². The molecule has 0 radical (unpaired) electrons. The van der Waals surface area contributed by atoms with Crippen molar-refractivity contribution in [2.45, 2.75) is 84.5 Å². The van der Waals surface area contributed by atoms with Gasteiger partial charge in [0.25, 0.3) is 0 Å². The van der Waals surface area contributed by atoms with E-state index in [1.807, 2.05) is 6.92 Å². The summed E-state index contributed by atoms with van der Waals surface area (Å²) >= 11 is 0. The number of Topliss-reactive ketones (excluding diaryl/α,β-unsaturated/α-hetero) is 1. The second kappa shape index (κ2) is 16.7. The van der Waals surface area contributed by atoms with E-state index < -0.39 is 77.9 Å². The molecule has 13 nitrogen and oxygen atoms in total. The predicted octanol–water partition coefficient (Wildman–Crippen LogP) is 0.409. The van der Waals surface area contributed by atoms with Crippen molar-refractivity contribution < 1.29 is 43.8 Å². The van der Waals surface area contributed by atoms with Gasteiger partial charge >= 0.3 is 11.9 Å². The molecule has 0 spiro atoms. The van der Waals surface area contributed by atoms with Gasteiger partial charge in [-0.3, -0.25) is 28.8 Å². The Bertz CT molecular complexity index is 1110. The lowest BCUT2D eigenvalue weighted by Gasteiger charge is -2.27. The highest BCUT2D eigenvalue weighted by molar-refractivity contribution is 6.06. The second-order valence-electron chi connectivity index (χ2n) is 10.1. The van der Waals surface area contributed by atoms with Crippen LogP contribution in [0.5, 0.6) is 0 Å². The lowest BCUT2D eigenvalue weighted by Crippen LogP contribution is -2.59. The summed E-state index contributed by atoms with van der Waals surface area (Å²) in [4.78, 5) is 86.7. The lowest BCUT2D eigenvalue weighted by atomic mass is 9.97. The van der Waals surface area contributed by atoms with Gasteiger partial charge in [-0.25, -0.2) is 4.79 Å². The summed E-state index contributed by atoms with van der Waals surface area (Å²) in [6.45, 7) is 7.74. The topological polar surface area (TPSA) is 208 Å². The Morgan fingerprint density at radius 2 is 1.34 bits per heavy atom. The molecular weight excluding hydrogens is 536 g/mol. The molecule has 0 aliphatic heterocycles. The first-order valence-electron chi connectivity index (χ1n) is 13.4. The van der Waals surface area contributed by atoms with Gasteiger partial charge in [-0.05, 0) is 17.9 Å². The monoisotopic (exact) mass is 576 g/mol. The zero-order valence-corrected chi connectivity index (χ0v) is 23.9. The Balaban J connectivity index is 3.31. The maximum absolute atomic E-state index is 13.4. The molecule has 6 N–H and O–H groups in total. The fraction of sp³-hybridized carbons (Fsp3) is 0.536. The van der Waals surface area contributed by atoms with Crippen LogP contribution in [-0.4, -0.2) is 75.7 Å². The Kier molecular flexibility index (Phi) is 14.2. The van der Waals surface area contributed by atoms with Crippen molar-refractivity contribution in [3.63, 3.8) is 0 Å². The van der Waals surface area contributed by atoms with Crippen LogP contribution in [0.2, 0.25) is 0 Å². The molecular formula is C28H40N4O9. The van der Waals surface area contributed by atoms with Crippen LogP contribution in [0.15, 0.2) is 30.3 Å². The maximum atomic E-state index is 13.4. The van der Waals surface area contributed by atoms with E-state index in [4.69, 9.17) is 0 Å². The Morgan fingerprint density at radius 1 is 0.780 bits per heavy atom. The number of carboxylic acid groups (broad SMARTS) is 2. The van der Waals surface area contributed by atoms with Crippen LogP contribution in [-0.2, 0) is 40.0 Å². The Labute approximate surface area is 238 Å². The highest BCUT2D eigenvalue weighted by Crippen LogP contribution is 2.11. The molecule has 0 saturated heterocycles. The number of carboxylic acids is 2. The SMILES string of the molecule is CC[C@H](C)C(NC(C)=O)C(=O)NC(CCC(=O)O)C(=O)NC(Cc1ccccc1)C(=O)NC(C(=O)O)C(=O)C(C)C. The number of aliphatic carboxylic acids is 2. The number of hydrogen-bond acceptors (Lipinski definition) is 7. The molecule has 0 bridgehead atoms. The standard InChI is InChI=1S/C28H40N4O9/c1-6-16(4)22(29-17(5)33)27(39)30-19(12-13-21(34)35)25(37)31-20(14-18-10-8-7-9-11-18)26(38)32-23(28(40)41)24(36)15(2)3/h7-11,15-16,19-20,22-23H,6,12-14H2,1-5H3,(H,29,33)(H,30,39)(H,31,37)(H,32,38)(H,34,35)(H,40,41)/t16-,19?,20?,22?,23?/m0/s1. The molecule has 0 saturated carbocycles. The minimum Gasteiger partial charge on any atom is -0.481 e. The maximum Gasteiger partial charge on any atom is 0.334 e. The van der Waals surface area contributed by atoms with Crippen LogP contribution in [0.3, 0.4) is 0 Å². The highest BCUT2D eigenvalue weighted by atomic mass is 16.4. The average Bonchev–Trinajstić information content (AvgIpc) is 2.91. The van der Waals surface area contributed by atoms with Gasteiger partial charge in [0.2, 0.25) is 23.6 Å². The minimum absolute atomic E-state index is 0.0956. The summed E-state index contributed by atoms with van der Waals surface area (Å²) < 4.78 is 0. The van der Waals surface area contributed by atoms with Crippen LogP contribution in [0.4, 0.5) is 0 Å². The zero-order chi connectivity index (χ0) is 31.3. The molecule has 41 heavy (non-hydrogen) atoms. The van der Waals surface area contributed by atoms with Crippen molar-refractivity contribution in [2.75, 3.05) is 0 Å². The number of ketones is 1. The van der Waals surface area contributed by atoms with Crippen molar-refractivity contribution in [2.24, 2.45) is 11.8 Å². The quantitative estimate of drug-likeness (QED) is 0.142. The third kappa shape index (κ3) is 11.8. The summed E-state index contributed by atoms with van der Waals surface area (Å²) in [5.74, 6) is -7.59. The molecule has 4 amide bonds. The number of amides is 4. The number of benzene rings is 1. The Hall–Kier alpha value is -4.29. The van der Waals surface area contributed by atoms with Gasteiger partial charge < -0.3 is 31.5 Å². The molecule has 0 aliphatic carbocycles. The van der Waals surface area contributed by atoms with E-state index in [2.05, 4.69) is 21.3 Å². The first kappa shape index (κ1) is 34.7. The van der Waals surface area contributed by atoms with E-state index in [1.54, 1.807) is 37.3 Å². The van der Waals surface area contributed by atoms with Crippen LogP contribution in [0.1, 0.15) is 59.4 Å². The largest absolute Gasteiger partial charge is 0.481 e. The van der Waals surface area contributed by atoms with Crippen molar-refractivity contribution >= 4 is 41.4 Å². The molecule has 0 aliphatic rings. The predicted molar refractivity (Wildman–Crippen MR) is 147 cm³/mol. The number of hydrogen-bond donors (Lipinski definition) is 6. The van der Waals surface area contributed by atoms with E-state index in [9.17, 15) is 43.8 Å². The summed E-state index contributed by atoms with van der Waals surface area (Å²) in [6, 6.07) is 2.84. The van der Waals surface area contributed by atoms with Crippen molar-refractivity contribution in [3.8, 4) is 0 Å². The molecule has 5 atom stereocenters. The van der Waals surface area contributed by atoms with Gasteiger partial charge in [0, 0.05) is 25.7 Å². The fourth-order valence-corrected chi connectivity index (χ4v) is 3.88. The van der Waals surface area contributed by atoms with Gasteiger partial charge in [-0.1, -0.05) is 64.4 Å². The van der Waals surface area contributed by atoms with Crippen LogP contribution in [0.25, 0.3) is 0 Å². The van der Waals surface area contributed by atoms with Crippen molar-refractivity contribution in [1.29, 1.82) is 0 Å². The smallest absolute Gasteiger partial charge is 0.334 e. The average molecular weight is 577 g/mol. The summed E-state index contributed by atoms with van der Waals surface area (Å²) in [7, 11) is 0. The third-order valence-corrected chi connectivity index (χ3v) is 6.44. The van der Waals surface area contributed by atoms with Crippen molar-refractivity contribution in [3.05, 3.63) is 35.9 Å². The summed E-state index contributed by atoms with van der Waals surface area (Å²) in [5.41, 5.74) is 0.601. The number of carbonyl (C=O) groups excluding carboxylic acids is 5. The van der Waals surface area contributed by atoms with E-state index >= 15 is 0 Å². The summed E-state index contributed by atoms with van der Waals surface area (Å²) in [6.07, 6.45) is -0.402. The molecule has 0 fully saturated rings. The molecule has 1 aromatic carbocycles. The third-order valence-electron chi connectivity index (χ3n) is 6.44. The normalized spacial score (nSPS) is 14.5. The van der Waals surface area contributed by atoms with Gasteiger partial charge in [0.15, 0.2) is 11.8 Å². The highest BCUT2D eigenvalue weighted by Gasteiger charge is 2.35. The fourth-order valence-electron chi connectivity index (χ4n) is 3.88. The molecule has 1 rings (SSSR count). The molecule has 226 valence electrons. The van der Waals surface area contributed by atoms with Crippen LogP contribution in [0, 0.1) is 11.8 Å². The van der Waals surface area contributed by atoms with Crippen molar-refractivity contribution in [1.82, 2.24) is 21.3 Å². The molecule has 4 unspecified atom stereocenters. The van der Waals surface area contributed by atoms with Gasteiger partial charge in [-0.15, -0.1) is 0 Å². The zero-order valence-electron chi connectivity index (χ0n) is 23.9. The Morgan fingerprint density at radius 3 is 1.83 bits per heavy atom. The molecule has 13 heteroatoms. The van der Waals surface area contributed by atoms with E-state index in [0.717, 1.165) is 0 Å². The van der Waals surface area contributed by atoms with E-state index in [-0.39, 0.29) is 18.8 Å². The van der Waals surface area contributed by atoms with Gasteiger partial charge in [-0.2, -0.15) is 0 Å². The first-order chi connectivity index (χ1) is 19.2. The van der Waals surface area contributed by atoms with E-state index in [1.165, 1.54) is 20.8 Å². The number of rotatable bonds is 17. The lowest BCUT2D eigenvalue weighted by molar-refractivity contribution is -0.147. The molecule has 0 aromatic heterocycles. The first-order valence-corrected chi connectivity index (χ1v) is 13.4. The molecule has 1 aromatic rings. The summed E-state index contributed by atoms with van der Waals surface area (Å²) in [5, 5.41) is 28.4. The van der Waals surface area contributed by atoms with Gasteiger partial charge in [0.1, 0.15) is 18.1 Å².